The normalized spacial score (nSPS) is 18.3. The standard InChI is InChI=1S/C20H18N2O3S/c1-2-12-22-18(23)17(13-14-6-4-3-5-7-14)26-20(22)21-16-10-8-15(9-11-16)19(24)25/h2-11,17H,1,12-13H2,(H,24,25)/p-1/t17-/m1/s1. The van der Waals surface area contributed by atoms with E-state index < -0.39 is 5.97 Å². The predicted molar refractivity (Wildman–Crippen MR) is 101 cm³/mol. The van der Waals surface area contributed by atoms with Crippen molar-refractivity contribution in [3.63, 3.8) is 0 Å². The van der Waals surface area contributed by atoms with Crippen LogP contribution in [-0.2, 0) is 11.2 Å². The number of nitrogens with zero attached hydrogens (tertiary/aromatic N) is 2. The highest BCUT2D eigenvalue weighted by molar-refractivity contribution is 8.15. The molecule has 3 rings (SSSR count). The summed E-state index contributed by atoms with van der Waals surface area (Å²) in [5.41, 5.74) is 1.77. The van der Waals surface area contributed by atoms with Crippen LogP contribution in [0, 0.1) is 0 Å². The van der Waals surface area contributed by atoms with Crippen LogP contribution in [0.4, 0.5) is 5.69 Å². The van der Waals surface area contributed by atoms with Crippen molar-refractivity contribution in [2.24, 2.45) is 4.99 Å². The quantitative estimate of drug-likeness (QED) is 0.737. The van der Waals surface area contributed by atoms with Crippen LogP contribution in [0.2, 0.25) is 0 Å². The summed E-state index contributed by atoms with van der Waals surface area (Å²) in [6.45, 7) is 4.09. The molecule has 0 spiro atoms. The molecule has 1 aliphatic rings. The Bertz CT molecular complexity index is 847. The first-order valence-corrected chi connectivity index (χ1v) is 8.99. The lowest BCUT2D eigenvalue weighted by molar-refractivity contribution is -0.255. The second-order valence-electron chi connectivity index (χ2n) is 5.76. The molecule has 0 bridgehead atoms. The largest absolute Gasteiger partial charge is 0.545 e. The van der Waals surface area contributed by atoms with E-state index in [2.05, 4.69) is 11.6 Å². The Balaban J connectivity index is 1.83. The van der Waals surface area contributed by atoms with Gasteiger partial charge in [-0.1, -0.05) is 60.3 Å². The minimum absolute atomic E-state index is 0.00357. The van der Waals surface area contributed by atoms with Crippen LogP contribution in [0.15, 0.2) is 72.2 Å². The van der Waals surface area contributed by atoms with Crippen molar-refractivity contribution in [2.45, 2.75) is 11.7 Å². The van der Waals surface area contributed by atoms with Gasteiger partial charge in [-0.15, -0.1) is 6.58 Å². The highest BCUT2D eigenvalue weighted by atomic mass is 32.2. The minimum atomic E-state index is -1.23. The van der Waals surface area contributed by atoms with Crippen LogP contribution in [-0.4, -0.2) is 33.7 Å². The molecule has 1 heterocycles. The second kappa shape index (κ2) is 8.01. The lowest BCUT2D eigenvalue weighted by Crippen LogP contribution is -2.32. The summed E-state index contributed by atoms with van der Waals surface area (Å²) in [5, 5.41) is 11.2. The molecular weight excluding hydrogens is 348 g/mol. The van der Waals surface area contributed by atoms with E-state index in [-0.39, 0.29) is 16.7 Å². The molecule has 6 heteroatoms. The van der Waals surface area contributed by atoms with E-state index in [1.807, 2.05) is 30.3 Å². The van der Waals surface area contributed by atoms with Gasteiger partial charge < -0.3 is 9.90 Å². The van der Waals surface area contributed by atoms with E-state index in [0.717, 1.165) is 5.56 Å². The maximum Gasteiger partial charge on any atom is 0.242 e. The molecule has 0 N–H and O–H groups in total. The average Bonchev–Trinajstić information content (AvgIpc) is 2.92. The van der Waals surface area contributed by atoms with Crippen LogP contribution in [0.1, 0.15) is 15.9 Å². The van der Waals surface area contributed by atoms with Gasteiger partial charge in [-0.3, -0.25) is 9.69 Å². The first-order chi connectivity index (χ1) is 12.6. The number of carboxylic acids is 1. The number of amides is 1. The second-order valence-corrected chi connectivity index (χ2v) is 6.93. The SMILES string of the molecule is C=CCN1C(=O)[C@@H](Cc2ccccc2)SC1=Nc1ccc(C(=O)[O-])cc1. The number of carboxylic acid groups (broad SMARTS) is 1. The Morgan fingerprint density at radius 2 is 1.88 bits per heavy atom. The van der Waals surface area contributed by atoms with Crippen LogP contribution >= 0.6 is 11.8 Å². The Hall–Kier alpha value is -2.86. The molecule has 2 aromatic carbocycles. The number of carbonyl (C=O) groups is 2. The van der Waals surface area contributed by atoms with Gasteiger partial charge in [-0.2, -0.15) is 0 Å². The lowest BCUT2D eigenvalue weighted by atomic mass is 10.1. The van der Waals surface area contributed by atoms with Crippen molar-refractivity contribution < 1.29 is 14.7 Å². The van der Waals surface area contributed by atoms with Crippen molar-refractivity contribution in [2.75, 3.05) is 6.54 Å². The fourth-order valence-electron chi connectivity index (χ4n) is 2.63. The van der Waals surface area contributed by atoms with Crippen LogP contribution < -0.4 is 5.11 Å². The van der Waals surface area contributed by atoms with Gasteiger partial charge in [0.05, 0.1) is 16.9 Å². The molecule has 1 saturated heterocycles. The smallest absolute Gasteiger partial charge is 0.242 e. The summed E-state index contributed by atoms with van der Waals surface area (Å²) in [7, 11) is 0. The zero-order valence-corrected chi connectivity index (χ0v) is 14.8. The Morgan fingerprint density at radius 3 is 2.50 bits per heavy atom. The highest BCUT2D eigenvalue weighted by Gasteiger charge is 2.37. The molecular formula is C20H17N2O3S-. The van der Waals surface area contributed by atoms with Crippen LogP contribution in [0.5, 0.6) is 0 Å². The molecule has 0 unspecified atom stereocenters. The number of amidine groups is 1. The van der Waals surface area contributed by atoms with Gasteiger partial charge >= 0.3 is 0 Å². The van der Waals surface area contributed by atoms with E-state index in [4.69, 9.17) is 0 Å². The van der Waals surface area contributed by atoms with Crippen molar-refractivity contribution in [1.82, 2.24) is 4.90 Å². The lowest BCUT2D eigenvalue weighted by Gasteiger charge is -2.14. The molecule has 0 radical (unpaired) electrons. The summed E-state index contributed by atoms with van der Waals surface area (Å²) in [6, 6.07) is 15.9. The monoisotopic (exact) mass is 365 g/mol. The van der Waals surface area contributed by atoms with E-state index in [1.54, 1.807) is 23.1 Å². The van der Waals surface area contributed by atoms with Gasteiger partial charge in [0.25, 0.3) is 0 Å². The van der Waals surface area contributed by atoms with Crippen molar-refractivity contribution in [3.8, 4) is 0 Å². The Morgan fingerprint density at radius 1 is 1.19 bits per heavy atom. The third kappa shape index (κ3) is 4.03. The third-order valence-corrected chi connectivity index (χ3v) is 5.10. The van der Waals surface area contributed by atoms with E-state index in [9.17, 15) is 14.7 Å². The van der Waals surface area contributed by atoms with Crippen LogP contribution in [0.25, 0.3) is 0 Å². The first kappa shape index (κ1) is 17.9. The molecule has 0 aromatic heterocycles. The molecule has 5 nitrogen and oxygen atoms in total. The van der Waals surface area contributed by atoms with Gasteiger partial charge in [0.2, 0.25) is 5.91 Å². The van der Waals surface area contributed by atoms with Crippen molar-refractivity contribution in [1.29, 1.82) is 0 Å². The summed E-state index contributed by atoms with van der Waals surface area (Å²) in [6.07, 6.45) is 2.29. The topological polar surface area (TPSA) is 72.8 Å². The third-order valence-electron chi connectivity index (χ3n) is 3.92. The molecule has 132 valence electrons. The van der Waals surface area contributed by atoms with E-state index in [0.29, 0.717) is 23.8 Å². The maximum atomic E-state index is 12.7. The number of benzene rings is 2. The van der Waals surface area contributed by atoms with Gasteiger partial charge in [-0.25, -0.2) is 4.99 Å². The number of carbonyl (C=O) groups excluding carboxylic acids is 2. The first-order valence-electron chi connectivity index (χ1n) is 8.11. The number of hydrogen-bond acceptors (Lipinski definition) is 5. The van der Waals surface area contributed by atoms with Crippen molar-refractivity contribution >= 4 is 34.5 Å². The van der Waals surface area contributed by atoms with E-state index >= 15 is 0 Å². The summed E-state index contributed by atoms with van der Waals surface area (Å²) < 4.78 is 0. The molecule has 1 fully saturated rings. The molecule has 2 aromatic rings. The molecule has 0 saturated carbocycles. The Labute approximate surface area is 156 Å². The Kier molecular flexibility index (Phi) is 5.53. The number of thioether (sulfide) groups is 1. The van der Waals surface area contributed by atoms with Gasteiger partial charge in [-0.05, 0) is 29.7 Å². The molecule has 0 aliphatic carbocycles. The predicted octanol–water partition coefficient (Wildman–Crippen LogP) is 2.41. The molecule has 1 aliphatic heterocycles. The van der Waals surface area contributed by atoms with Gasteiger partial charge in [0.1, 0.15) is 0 Å². The number of aliphatic imine (C=N–C) groups is 1. The fraction of sp³-hybridized carbons (Fsp3) is 0.150. The van der Waals surface area contributed by atoms with Crippen molar-refractivity contribution in [3.05, 3.63) is 78.4 Å². The number of hydrogen-bond donors (Lipinski definition) is 0. The average molecular weight is 365 g/mol. The molecule has 1 amide bonds. The minimum Gasteiger partial charge on any atom is -0.545 e. The fourth-order valence-corrected chi connectivity index (χ4v) is 3.84. The van der Waals surface area contributed by atoms with Gasteiger partial charge in [0, 0.05) is 6.54 Å². The molecule has 1 atom stereocenters. The highest BCUT2D eigenvalue weighted by Crippen LogP contribution is 2.31. The number of rotatable bonds is 6. The zero-order valence-electron chi connectivity index (χ0n) is 14.0. The summed E-state index contributed by atoms with van der Waals surface area (Å²) in [5.74, 6) is -1.23. The maximum absolute atomic E-state index is 12.7. The van der Waals surface area contributed by atoms with E-state index in [1.165, 1.54) is 23.9 Å². The summed E-state index contributed by atoms with van der Waals surface area (Å²) >= 11 is 1.42. The van der Waals surface area contributed by atoms with Gasteiger partial charge in [0.15, 0.2) is 5.17 Å². The summed E-state index contributed by atoms with van der Waals surface area (Å²) in [4.78, 5) is 29.7. The zero-order chi connectivity index (χ0) is 18.5. The van der Waals surface area contributed by atoms with Crippen LogP contribution in [0.3, 0.4) is 0 Å². The number of aromatic carboxylic acids is 1. The molecule has 26 heavy (non-hydrogen) atoms.